The van der Waals surface area contributed by atoms with Gasteiger partial charge in [-0.25, -0.2) is 4.79 Å². The summed E-state index contributed by atoms with van der Waals surface area (Å²) in [5.41, 5.74) is 2.67. The molecule has 0 amide bonds. The normalized spacial score (nSPS) is 27.6. The third-order valence-corrected chi connectivity index (χ3v) is 4.07. The number of benzene rings is 1. The van der Waals surface area contributed by atoms with Gasteiger partial charge in [0.1, 0.15) is 0 Å². The number of hydrogen-bond acceptors (Lipinski definition) is 2. The summed E-state index contributed by atoms with van der Waals surface area (Å²) in [4.78, 5) is 16.8. The molecule has 1 heterocycles. The molecule has 4 heteroatoms. The van der Waals surface area contributed by atoms with Crippen LogP contribution in [0.4, 0.5) is 5.69 Å². The van der Waals surface area contributed by atoms with Gasteiger partial charge in [-0.2, -0.15) is 0 Å². The van der Waals surface area contributed by atoms with E-state index in [9.17, 15) is 4.79 Å². The van der Waals surface area contributed by atoms with Crippen LogP contribution >= 0.6 is 0 Å². The highest BCUT2D eigenvalue weighted by atomic mass is 16.1. The number of hydrogen-bond donors (Lipinski definition) is 3. The van der Waals surface area contributed by atoms with Gasteiger partial charge in [-0.1, -0.05) is 13.8 Å². The fraction of sp³-hybridized carbons (Fsp3) is 0.533. The van der Waals surface area contributed by atoms with Gasteiger partial charge in [0, 0.05) is 11.7 Å². The van der Waals surface area contributed by atoms with Gasteiger partial charge in [0.25, 0.3) is 0 Å². The Bertz CT molecular complexity index is 618. The third-order valence-electron chi connectivity index (χ3n) is 4.07. The second-order valence-corrected chi connectivity index (χ2v) is 6.10. The maximum atomic E-state index is 11.2. The van der Waals surface area contributed by atoms with Crippen LogP contribution in [0.1, 0.15) is 33.1 Å². The fourth-order valence-corrected chi connectivity index (χ4v) is 3.42. The lowest BCUT2D eigenvalue weighted by atomic mass is 9.80. The smallest absolute Gasteiger partial charge is 0.323 e. The van der Waals surface area contributed by atoms with Gasteiger partial charge in [0.05, 0.1) is 11.0 Å². The zero-order valence-corrected chi connectivity index (χ0v) is 11.5. The molecule has 1 saturated carbocycles. The Hall–Kier alpha value is -1.71. The van der Waals surface area contributed by atoms with Gasteiger partial charge in [-0.3, -0.25) is 0 Å². The van der Waals surface area contributed by atoms with Crippen LogP contribution in [0.3, 0.4) is 0 Å². The molecule has 3 N–H and O–H groups in total. The van der Waals surface area contributed by atoms with Gasteiger partial charge >= 0.3 is 5.69 Å². The van der Waals surface area contributed by atoms with Crippen molar-refractivity contribution in [1.29, 1.82) is 0 Å². The molecule has 2 aromatic rings. The SMILES string of the molecule is CC1CC(C)CC(Nc2ccc3[nH]c(=O)[nH]c3c2)C1. The Morgan fingerprint density at radius 2 is 1.74 bits per heavy atom. The van der Waals surface area contributed by atoms with E-state index < -0.39 is 0 Å². The molecule has 1 fully saturated rings. The van der Waals surface area contributed by atoms with Crippen molar-refractivity contribution in [3.05, 3.63) is 28.7 Å². The molecule has 0 bridgehead atoms. The molecule has 0 saturated heterocycles. The van der Waals surface area contributed by atoms with Crippen LogP contribution in [-0.2, 0) is 0 Å². The van der Waals surface area contributed by atoms with Gasteiger partial charge in [0.15, 0.2) is 0 Å². The quantitative estimate of drug-likeness (QED) is 0.776. The van der Waals surface area contributed by atoms with Crippen molar-refractivity contribution in [3.8, 4) is 0 Å². The first-order chi connectivity index (χ1) is 9.10. The summed E-state index contributed by atoms with van der Waals surface area (Å²) >= 11 is 0. The predicted octanol–water partition coefficient (Wildman–Crippen LogP) is 3.09. The zero-order chi connectivity index (χ0) is 13.4. The predicted molar refractivity (Wildman–Crippen MR) is 78.5 cm³/mol. The lowest BCUT2D eigenvalue weighted by Gasteiger charge is -2.32. The molecule has 1 aliphatic carbocycles. The number of nitrogens with one attached hydrogen (secondary N) is 3. The number of H-pyrrole nitrogens is 2. The van der Waals surface area contributed by atoms with Crippen LogP contribution in [0.2, 0.25) is 0 Å². The molecule has 19 heavy (non-hydrogen) atoms. The van der Waals surface area contributed by atoms with Crippen molar-refractivity contribution >= 4 is 16.7 Å². The van der Waals surface area contributed by atoms with E-state index in [1.54, 1.807) is 0 Å². The van der Waals surface area contributed by atoms with Crippen LogP contribution in [0.5, 0.6) is 0 Å². The fourth-order valence-electron chi connectivity index (χ4n) is 3.42. The number of rotatable bonds is 2. The first-order valence-corrected chi connectivity index (χ1v) is 7.09. The van der Waals surface area contributed by atoms with E-state index in [1.807, 2.05) is 18.2 Å². The first-order valence-electron chi connectivity index (χ1n) is 7.09. The monoisotopic (exact) mass is 259 g/mol. The van der Waals surface area contributed by atoms with Crippen LogP contribution in [0.15, 0.2) is 23.0 Å². The summed E-state index contributed by atoms with van der Waals surface area (Å²) in [5, 5.41) is 3.61. The van der Waals surface area contributed by atoms with Crippen LogP contribution in [0.25, 0.3) is 11.0 Å². The molecule has 3 rings (SSSR count). The highest BCUT2D eigenvalue weighted by Gasteiger charge is 2.23. The molecular formula is C15H21N3O. The van der Waals surface area contributed by atoms with Crippen molar-refractivity contribution in [2.75, 3.05) is 5.32 Å². The molecular weight excluding hydrogens is 238 g/mol. The minimum absolute atomic E-state index is 0.146. The second-order valence-electron chi connectivity index (χ2n) is 6.10. The van der Waals surface area contributed by atoms with E-state index in [4.69, 9.17) is 0 Å². The Balaban J connectivity index is 1.78. The first kappa shape index (κ1) is 12.3. The van der Waals surface area contributed by atoms with Gasteiger partial charge < -0.3 is 15.3 Å². The Kier molecular flexibility index (Phi) is 3.09. The molecule has 0 spiro atoms. The lowest BCUT2D eigenvalue weighted by Crippen LogP contribution is -2.30. The summed E-state index contributed by atoms with van der Waals surface area (Å²) in [6.45, 7) is 4.66. The van der Waals surface area contributed by atoms with E-state index in [0.717, 1.165) is 28.6 Å². The summed E-state index contributed by atoms with van der Waals surface area (Å²) in [5.74, 6) is 1.58. The van der Waals surface area contributed by atoms with Crippen molar-refractivity contribution < 1.29 is 0 Å². The summed E-state index contributed by atoms with van der Waals surface area (Å²) < 4.78 is 0. The van der Waals surface area contributed by atoms with Gasteiger partial charge in [0.2, 0.25) is 0 Å². The summed E-state index contributed by atoms with van der Waals surface area (Å²) in [6, 6.07) is 6.54. The molecule has 4 nitrogen and oxygen atoms in total. The van der Waals surface area contributed by atoms with Crippen LogP contribution < -0.4 is 11.0 Å². The molecule has 0 radical (unpaired) electrons. The summed E-state index contributed by atoms with van der Waals surface area (Å²) in [7, 11) is 0. The maximum absolute atomic E-state index is 11.2. The standard InChI is InChI=1S/C15H21N3O/c1-9-5-10(2)7-12(6-9)16-11-3-4-13-14(8-11)18-15(19)17-13/h3-4,8-10,12,16H,5-7H2,1-2H3,(H2,17,18,19). The van der Waals surface area contributed by atoms with E-state index >= 15 is 0 Å². The molecule has 102 valence electrons. The second kappa shape index (κ2) is 4.76. The summed E-state index contributed by atoms with van der Waals surface area (Å²) in [6.07, 6.45) is 3.79. The van der Waals surface area contributed by atoms with E-state index in [-0.39, 0.29) is 5.69 Å². The number of fused-ring (bicyclic) bond motifs is 1. The van der Waals surface area contributed by atoms with Crippen molar-refractivity contribution in [3.63, 3.8) is 0 Å². The number of anilines is 1. The minimum atomic E-state index is -0.146. The molecule has 2 unspecified atom stereocenters. The van der Waals surface area contributed by atoms with Gasteiger partial charge in [-0.05, 0) is 49.3 Å². The Labute approximate surface area is 112 Å². The van der Waals surface area contributed by atoms with Gasteiger partial charge in [-0.15, -0.1) is 0 Å². The van der Waals surface area contributed by atoms with E-state index in [0.29, 0.717) is 6.04 Å². The Morgan fingerprint density at radius 3 is 2.47 bits per heavy atom. The highest BCUT2D eigenvalue weighted by molar-refractivity contribution is 5.78. The highest BCUT2D eigenvalue weighted by Crippen LogP contribution is 2.30. The molecule has 0 aliphatic heterocycles. The van der Waals surface area contributed by atoms with Crippen molar-refractivity contribution in [2.45, 2.75) is 39.2 Å². The average molecular weight is 259 g/mol. The number of aromatic amines is 2. The molecule has 1 aliphatic rings. The van der Waals surface area contributed by atoms with Crippen molar-refractivity contribution in [2.24, 2.45) is 11.8 Å². The number of aromatic nitrogens is 2. The molecule has 1 aromatic heterocycles. The third kappa shape index (κ3) is 2.67. The Morgan fingerprint density at radius 1 is 1.05 bits per heavy atom. The van der Waals surface area contributed by atoms with E-state index in [1.165, 1.54) is 19.3 Å². The largest absolute Gasteiger partial charge is 0.382 e. The average Bonchev–Trinajstić information content (AvgIpc) is 2.67. The molecule has 2 atom stereocenters. The topological polar surface area (TPSA) is 60.7 Å². The van der Waals surface area contributed by atoms with E-state index in [2.05, 4.69) is 29.1 Å². The minimum Gasteiger partial charge on any atom is -0.382 e. The number of imidazole rings is 1. The lowest BCUT2D eigenvalue weighted by molar-refractivity contribution is 0.281. The van der Waals surface area contributed by atoms with Crippen LogP contribution in [-0.4, -0.2) is 16.0 Å². The zero-order valence-electron chi connectivity index (χ0n) is 11.5. The van der Waals surface area contributed by atoms with Crippen molar-refractivity contribution in [1.82, 2.24) is 9.97 Å². The molecule has 1 aromatic carbocycles. The van der Waals surface area contributed by atoms with Crippen LogP contribution in [0, 0.1) is 11.8 Å². The maximum Gasteiger partial charge on any atom is 0.323 e.